The maximum Gasteiger partial charge on any atom is 0.340 e. The Labute approximate surface area is 195 Å². The summed E-state index contributed by atoms with van der Waals surface area (Å²) < 4.78 is 11.9. The van der Waals surface area contributed by atoms with Crippen molar-refractivity contribution >= 4 is 23.5 Å². The smallest absolute Gasteiger partial charge is 0.340 e. The first-order valence-electron chi connectivity index (χ1n) is 12.3. The topological polar surface area (TPSA) is 76.2 Å². The van der Waals surface area contributed by atoms with Crippen LogP contribution in [0.15, 0.2) is 24.3 Å². The number of para-hydroxylation sites is 1. The molecule has 0 radical (unpaired) electrons. The quantitative estimate of drug-likeness (QED) is 0.485. The predicted octanol–water partition coefficient (Wildman–Crippen LogP) is 3.27. The molecule has 2 saturated carbocycles. The average molecular weight is 455 g/mol. The molecule has 0 aromatic heterocycles. The van der Waals surface area contributed by atoms with Crippen LogP contribution in [0.25, 0.3) is 0 Å². The number of likely N-dealkylation sites (tertiary alicyclic amines) is 1. The molecule has 178 valence electrons. The number of anilines is 1. The molecule has 2 amide bonds. The minimum absolute atomic E-state index is 0.0683. The van der Waals surface area contributed by atoms with Gasteiger partial charge in [-0.1, -0.05) is 26.0 Å². The number of ether oxygens (including phenoxy) is 2. The van der Waals surface area contributed by atoms with Gasteiger partial charge in [-0.2, -0.15) is 0 Å². The van der Waals surface area contributed by atoms with Crippen molar-refractivity contribution in [3.63, 3.8) is 0 Å². The van der Waals surface area contributed by atoms with Gasteiger partial charge in [0, 0.05) is 43.4 Å². The fraction of sp³-hybridized carbons (Fsp3) is 0.654. The number of carbonyl (C=O) groups is 3. The Balaban J connectivity index is 1.38. The van der Waals surface area contributed by atoms with Crippen LogP contribution in [-0.2, 0) is 19.1 Å². The number of benzene rings is 1. The number of esters is 1. The number of amides is 2. The van der Waals surface area contributed by atoms with Crippen LogP contribution in [-0.4, -0.2) is 61.6 Å². The molecule has 0 spiro atoms. The average Bonchev–Trinajstić information content (AvgIpc) is 3.31. The van der Waals surface area contributed by atoms with Crippen LogP contribution >= 0.6 is 0 Å². The normalized spacial score (nSPS) is 35.8. The SMILES string of the molecule is CCN1C[C@]2(COC(=O)c3ccccc3N3C(=O)C[C@H](C)C3=O)CC[C@H](OC)[C@H]3C2CC[C@@H]31. The molecule has 2 aliphatic carbocycles. The Bertz CT molecular complexity index is 964. The van der Waals surface area contributed by atoms with Gasteiger partial charge in [0.1, 0.15) is 0 Å². The lowest BCUT2D eigenvalue weighted by Crippen LogP contribution is -2.62. The van der Waals surface area contributed by atoms with Gasteiger partial charge in [-0.3, -0.25) is 14.5 Å². The first kappa shape index (κ1) is 22.5. The third kappa shape index (κ3) is 3.51. The van der Waals surface area contributed by atoms with Gasteiger partial charge in [-0.25, -0.2) is 9.69 Å². The molecule has 4 fully saturated rings. The number of piperidine rings is 1. The van der Waals surface area contributed by atoms with Crippen molar-refractivity contribution in [1.82, 2.24) is 4.90 Å². The van der Waals surface area contributed by atoms with E-state index in [9.17, 15) is 14.4 Å². The van der Waals surface area contributed by atoms with Gasteiger partial charge in [-0.05, 0) is 50.3 Å². The number of rotatable bonds is 6. The van der Waals surface area contributed by atoms with Gasteiger partial charge in [0.05, 0.1) is 24.0 Å². The van der Waals surface area contributed by atoms with E-state index in [0.717, 1.165) is 37.3 Å². The van der Waals surface area contributed by atoms with Crippen LogP contribution in [0.1, 0.15) is 56.3 Å². The summed E-state index contributed by atoms with van der Waals surface area (Å²) in [4.78, 5) is 42.1. The van der Waals surface area contributed by atoms with Crippen molar-refractivity contribution in [2.75, 3.05) is 31.7 Å². The van der Waals surface area contributed by atoms with E-state index in [2.05, 4.69) is 11.8 Å². The Morgan fingerprint density at radius 2 is 1.97 bits per heavy atom. The van der Waals surface area contributed by atoms with E-state index in [1.165, 1.54) is 6.42 Å². The maximum absolute atomic E-state index is 13.3. The van der Waals surface area contributed by atoms with E-state index in [1.54, 1.807) is 31.2 Å². The summed E-state index contributed by atoms with van der Waals surface area (Å²) in [6.45, 7) is 6.24. The van der Waals surface area contributed by atoms with E-state index in [1.807, 2.05) is 7.11 Å². The second-order valence-corrected chi connectivity index (χ2v) is 10.3. The lowest BCUT2D eigenvalue weighted by atomic mass is 9.59. The molecule has 1 aromatic carbocycles. The molecule has 2 aliphatic heterocycles. The molecule has 4 bridgehead atoms. The molecule has 0 N–H and O–H groups in total. The highest BCUT2D eigenvalue weighted by molar-refractivity contribution is 6.22. The fourth-order valence-electron chi connectivity index (χ4n) is 7.19. The van der Waals surface area contributed by atoms with E-state index in [-0.39, 0.29) is 41.2 Å². The second kappa shape index (κ2) is 8.51. The van der Waals surface area contributed by atoms with Crippen molar-refractivity contribution in [3.8, 4) is 0 Å². The molecule has 2 saturated heterocycles. The minimum atomic E-state index is -0.464. The first-order chi connectivity index (χ1) is 15.9. The number of carbonyl (C=O) groups excluding carboxylic acids is 3. The van der Waals surface area contributed by atoms with Crippen molar-refractivity contribution in [2.45, 2.75) is 58.1 Å². The lowest BCUT2D eigenvalue weighted by molar-refractivity contribution is -0.140. The molecule has 2 heterocycles. The van der Waals surface area contributed by atoms with Gasteiger partial charge in [0.25, 0.3) is 0 Å². The summed E-state index contributed by atoms with van der Waals surface area (Å²) in [5.74, 6) is -0.378. The number of hydrogen-bond donors (Lipinski definition) is 0. The molecular weight excluding hydrogens is 420 g/mol. The van der Waals surface area contributed by atoms with E-state index < -0.39 is 5.97 Å². The summed E-state index contributed by atoms with van der Waals surface area (Å²) in [5.41, 5.74) is 0.542. The summed E-state index contributed by atoms with van der Waals surface area (Å²) >= 11 is 0. The molecule has 1 unspecified atom stereocenters. The third-order valence-electron chi connectivity index (χ3n) is 8.75. The molecule has 7 heteroatoms. The van der Waals surface area contributed by atoms with E-state index >= 15 is 0 Å². The molecule has 1 aromatic rings. The molecule has 7 nitrogen and oxygen atoms in total. The predicted molar refractivity (Wildman–Crippen MR) is 123 cm³/mol. The highest BCUT2D eigenvalue weighted by Gasteiger charge is 2.60. The van der Waals surface area contributed by atoms with Crippen molar-refractivity contribution in [2.24, 2.45) is 23.2 Å². The summed E-state index contributed by atoms with van der Waals surface area (Å²) in [6, 6.07) is 7.35. The van der Waals surface area contributed by atoms with Crippen LogP contribution in [0, 0.1) is 23.2 Å². The van der Waals surface area contributed by atoms with Crippen molar-refractivity contribution in [3.05, 3.63) is 29.8 Å². The van der Waals surface area contributed by atoms with Gasteiger partial charge in [0.15, 0.2) is 0 Å². The van der Waals surface area contributed by atoms with Crippen LogP contribution in [0.3, 0.4) is 0 Å². The summed E-state index contributed by atoms with van der Waals surface area (Å²) in [6.07, 6.45) is 4.74. The largest absolute Gasteiger partial charge is 0.461 e. The van der Waals surface area contributed by atoms with Crippen LogP contribution in [0.4, 0.5) is 5.69 Å². The van der Waals surface area contributed by atoms with Crippen LogP contribution in [0.2, 0.25) is 0 Å². The number of hydrogen-bond acceptors (Lipinski definition) is 6. The number of imide groups is 1. The van der Waals surface area contributed by atoms with Gasteiger partial charge in [-0.15, -0.1) is 0 Å². The van der Waals surface area contributed by atoms with Gasteiger partial charge in [0.2, 0.25) is 11.8 Å². The zero-order valence-corrected chi connectivity index (χ0v) is 19.8. The highest BCUT2D eigenvalue weighted by atomic mass is 16.5. The molecule has 33 heavy (non-hydrogen) atoms. The Morgan fingerprint density at radius 3 is 2.67 bits per heavy atom. The van der Waals surface area contributed by atoms with E-state index in [4.69, 9.17) is 9.47 Å². The second-order valence-electron chi connectivity index (χ2n) is 10.3. The molecule has 6 atom stereocenters. The molecular formula is C26H34N2O5. The third-order valence-corrected chi connectivity index (χ3v) is 8.75. The van der Waals surface area contributed by atoms with Gasteiger partial charge >= 0.3 is 5.97 Å². The van der Waals surface area contributed by atoms with Crippen LogP contribution < -0.4 is 4.90 Å². The Morgan fingerprint density at radius 1 is 1.18 bits per heavy atom. The fourth-order valence-corrected chi connectivity index (χ4v) is 7.19. The minimum Gasteiger partial charge on any atom is -0.461 e. The number of nitrogens with zero attached hydrogens (tertiary/aromatic N) is 2. The molecule has 5 rings (SSSR count). The lowest BCUT2D eigenvalue weighted by Gasteiger charge is -2.56. The Kier molecular flexibility index (Phi) is 5.81. The van der Waals surface area contributed by atoms with Crippen LogP contribution in [0.5, 0.6) is 0 Å². The van der Waals surface area contributed by atoms with E-state index in [0.29, 0.717) is 30.2 Å². The van der Waals surface area contributed by atoms with Gasteiger partial charge < -0.3 is 9.47 Å². The monoisotopic (exact) mass is 454 g/mol. The zero-order chi connectivity index (χ0) is 23.3. The zero-order valence-electron chi connectivity index (χ0n) is 19.8. The first-order valence-corrected chi connectivity index (χ1v) is 12.3. The summed E-state index contributed by atoms with van der Waals surface area (Å²) in [7, 11) is 1.82. The standard InChI is InChI=1S/C26H34N2O5/c1-4-27-14-26(12-11-21(32-3)23-18(26)9-10-20(23)27)15-33-25(31)17-7-5-6-8-19(17)28-22(29)13-16(2)24(28)30/h5-8,16,18,20-21,23H,4,9-15H2,1-3H3/t16-,18?,20-,21-,23-,26-/m0/s1. The summed E-state index contributed by atoms with van der Waals surface area (Å²) in [5, 5.41) is 0. The Hall–Kier alpha value is -2.25. The van der Waals surface area contributed by atoms with Crippen molar-refractivity contribution in [1.29, 1.82) is 0 Å². The highest BCUT2D eigenvalue weighted by Crippen LogP contribution is 2.58. The number of methoxy groups -OCH3 is 1. The van der Waals surface area contributed by atoms with Crippen molar-refractivity contribution < 1.29 is 23.9 Å². The maximum atomic E-state index is 13.3. The molecule has 4 aliphatic rings.